The quantitative estimate of drug-likeness (QED) is 0.866. The molecular weight excluding hydrogens is 276 g/mol. The highest BCUT2D eigenvalue weighted by atomic mass is 35.5. The Bertz CT molecular complexity index is 428. The molecule has 2 nitrogen and oxygen atoms in total. The highest BCUT2D eigenvalue weighted by Gasteiger charge is 2.29. The molecule has 0 aromatic heterocycles. The zero-order valence-electron chi connectivity index (χ0n) is 10.4. The molecule has 100 valence electrons. The fraction of sp³-hybridized carbons (Fsp3) is 0.538. The van der Waals surface area contributed by atoms with Gasteiger partial charge < -0.3 is 10.1 Å². The average Bonchev–Trinajstić information content (AvgIpc) is 2.22. The highest BCUT2D eigenvalue weighted by molar-refractivity contribution is 6.39. The molecule has 1 fully saturated rings. The summed E-state index contributed by atoms with van der Waals surface area (Å²) in [7, 11) is 0. The molecular formula is C13H16Cl2FNO. The highest BCUT2D eigenvalue weighted by Crippen LogP contribution is 2.34. The molecule has 0 aliphatic carbocycles. The van der Waals surface area contributed by atoms with E-state index in [0.717, 1.165) is 12.8 Å². The summed E-state index contributed by atoms with van der Waals surface area (Å²) in [6.45, 7) is 4.80. The number of anilines is 1. The van der Waals surface area contributed by atoms with Crippen LogP contribution in [0, 0.1) is 5.82 Å². The number of rotatable bonds is 2. The summed E-state index contributed by atoms with van der Waals surface area (Å²) in [5.74, 6) is -0.428. The first-order chi connectivity index (χ1) is 8.37. The van der Waals surface area contributed by atoms with E-state index in [2.05, 4.69) is 19.2 Å². The van der Waals surface area contributed by atoms with Gasteiger partial charge in [0.25, 0.3) is 0 Å². The molecule has 0 bridgehead atoms. The Balaban J connectivity index is 2.14. The van der Waals surface area contributed by atoms with E-state index >= 15 is 0 Å². The molecule has 1 aromatic carbocycles. The summed E-state index contributed by atoms with van der Waals surface area (Å²) < 4.78 is 18.7. The van der Waals surface area contributed by atoms with Gasteiger partial charge in [0.2, 0.25) is 0 Å². The summed E-state index contributed by atoms with van der Waals surface area (Å²) in [5.41, 5.74) is 0.442. The lowest BCUT2D eigenvalue weighted by Crippen LogP contribution is -2.40. The van der Waals surface area contributed by atoms with E-state index in [1.54, 1.807) is 0 Å². The Morgan fingerprint density at radius 1 is 1.33 bits per heavy atom. The van der Waals surface area contributed by atoms with Gasteiger partial charge >= 0.3 is 0 Å². The van der Waals surface area contributed by atoms with E-state index in [4.69, 9.17) is 27.9 Å². The first kappa shape index (κ1) is 13.9. The zero-order valence-corrected chi connectivity index (χ0v) is 11.9. The van der Waals surface area contributed by atoms with Crippen molar-refractivity contribution in [3.63, 3.8) is 0 Å². The van der Waals surface area contributed by atoms with Crippen molar-refractivity contribution in [3.8, 4) is 0 Å². The molecule has 1 atom stereocenters. The third-order valence-corrected chi connectivity index (χ3v) is 3.65. The zero-order chi connectivity index (χ0) is 13.3. The van der Waals surface area contributed by atoms with Crippen molar-refractivity contribution in [3.05, 3.63) is 28.0 Å². The van der Waals surface area contributed by atoms with Crippen molar-refractivity contribution in [2.75, 3.05) is 11.9 Å². The van der Waals surface area contributed by atoms with Crippen molar-refractivity contribution in [2.45, 2.75) is 38.3 Å². The van der Waals surface area contributed by atoms with Gasteiger partial charge in [-0.2, -0.15) is 0 Å². The van der Waals surface area contributed by atoms with Crippen LogP contribution in [-0.2, 0) is 4.74 Å². The number of ether oxygens (including phenoxy) is 1. The predicted octanol–water partition coefficient (Wildman–Crippen LogP) is 4.50. The lowest BCUT2D eigenvalue weighted by molar-refractivity contribution is -0.0553. The molecule has 18 heavy (non-hydrogen) atoms. The van der Waals surface area contributed by atoms with Crippen LogP contribution in [0.1, 0.15) is 26.7 Å². The second-order valence-corrected chi connectivity index (χ2v) is 6.00. The van der Waals surface area contributed by atoms with Crippen LogP contribution in [0.4, 0.5) is 10.1 Å². The summed E-state index contributed by atoms with van der Waals surface area (Å²) >= 11 is 12.0. The van der Waals surface area contributed by atoms with Crippen molar-refractivity contribution < 1.29 is 9.13 Å². The minimum atomic E-state index is -0.428. The smallest absolute Gasteiger partial charge is 0.126 e. The number of hydrogen-bond acceptors (Lipinski definition) is 2. The SMILES string of the molecule is CC1(C)CC(Nc2c(Cl)cc(F)cc2Cl)CCO1. The van der Waals surface area contributed by atoms with Crippen LogP contribution < -0.4 is 5.32 Å². The van der Waals surface area contributed by atoms with Crippen LogP contribution in [0.3, 0.4) is 0 Å². The monoisotopic (exact) mass is 291 g/mol. The normalized spacial score (nSPS) is 22.8. The van der Waals surface area contributed by atoms with E-state index < -0.39 is 5.82 Å². The average molecular weight is 292 g/mol. The molecule has 1 unspecified atom stereocenters. The standard InChI is InChI=1S/C13H16Cl2FNO/c1-13(2)7-9(3-4-18-13)17-12-10(14)5-8(16)6-11(12)15/h5-6,9,17H,3-4,7H2,1-2H3. The molecule has 1 aliphatic heterocycles. The van der Waals surface area contributed by atoms with Crippen LogP contribution in [0.15, 0.2) is 12.1 Å². The molecule has 5 heteroatoms. The summed E-state index contributed by atoms with van der Waals surface area (Å²) in [6, 6.07) is 2.76. The Morgan fingerprint density at radius 2 is 1.94 bits per heavy atom. The third kappa shape index (κ3) is 3.28. The van der Waals surface area contributed by atoms with Gasteiger partial charge in [-0.05, 0) is 38.8 Å². The van der Waals surface area contributed by atoms with E-state index in [-0.39, 0.29) is 11.6 Å². The van der Waals surface area contributed by atoms with E-state index in [0.29, 0.717) is 22.3 Å². The fourth-order valence-corrected chi connectivity index (χ4v) is 2.81. The topological polar surface area (TPSA) is 21.3 Å². The van der Waals surface area contributed by atoms with Crippen molar-refractivity contribution in [2.24, 2.45) is 0 Å². The molecule has 0 spiro atoms. The summed E-state index contributed by atoms with van der Waals surface area (Å²) in [5, 5.41) is 3.91. The molecule has 1 N–H and O–H groups in total. The van der Waals surface area contributed by atoms with Crippen LogP contribution >= 0.6 is 23.2 Å². The van der Waals surface area contributed by atoms with Gasteiger partial charge in [0.1, 0.15) is 5.82 Å². The minimum Gasteiger partial charge on any atom is -0.380 e. The Kier molecular flexibility index (Phi) is 4.05. The molecule has 0 amide bonds. The van der Waals surface area contributed by atoms with Crippen molar-refractivity contribution in [1.82, 2.24) is 0 Å². The first-order valence-corrected chi connectivity index (χ1v) is 6.68. The lowest BCUT2D eigenvalue weighted by atomic mass is 9.94. The van der Waals surface area contributed by atoms with Gasteiger partial charge in [0.05, 0.1) is 21.3 Å². The van der Waals surface area contributed by atoms with E-state index in [9.17, 15) is 4.39 Å². The number of hydrogen-bond donors (Lipinski definition) is 1. The molecule has 1 aliphatic rings. The summed E-state index contributed by atoms with van der Waals surface area (Å²) in [6.07, 6.45) is 1.74. The number of benzene rings is 1. The maximum Gasteiger partial charge on any atom is 0.126 e. The Morgan fingerprint density at radius 3 is 2.50 bits per heavy atom. The van der Waals surface area contributed by atoms with Crippen LogP contribution in [0.5, 0.6) is 0 Å². The third-order valence-electron chi connectivity index (χ3n) is 3.05. The Labute approximate surface area is 116 Å². The van der Waals surface area contributed by atoms with Crippen LogP contribution in [0.25, 0.3) is 0 Å². The second kappa shape index (κ2) is 5.24. The van der Waals surface area contributed by atoms with Gasteiger partial charge in [0, 0.05) is 12.6 Å². The lowest BCUT2D eigenvalue weighted by Gasteiger charge is -2.36. The molecule has 0 radical (unpaired) electrons. The van der Waals surface area contributed by atoms with Crippen LogP contribution in [-0.4, -0.2) is 18.2 Å². The molecule has 1 aromatic rings. The van der Waals surface area contributed by atoms with Crippen molar-refractivity contribution >= 4 is 28.9 Å². The molecule has 1 heterocycles. The fourth-order valence-electron chi connectivity index (χ4n) is 2.24. The first-order valence-electron chi connectivity index (χ1n) is 5.92. The van der Waals surface area contributed by atoms with E-state index in [1.807, 2.05) is 0 Å². The van der Waals surface area contributed by atoms with Gasteiger partial charge in [-0.3, -0.25) is 0 Å². The predicted molar refractivity (Wildman–Crippen MR) is 73.1 cm³/mol. The number of halogens is 3. The minimum absolute atomic E-state index is 0.158. The van der Waals surface area contributed by atoms with Gasteiger partial charge in [-0.1, -0.05) is 23.2 Å². The molecule has 1 saturated heterocycles. The second-order valence-electron chi connectivity index (χ2n) is 5.19. The van der Waals surface area contributed by atoms with Gasteiger partial charge in [-0.25, -0.2) is 4.39 Å². The Hall–Kier alpha value is -0.510. The maximum atomic E-state index is 13.1. The summed E-state index contributed by atoms with van der Waals surface area (Å²) in [4.78, 5) is 0. The molecule has 2 rings (SSSR count). The maximum absolute atomic E-state index is 13.1. The number of nitrogens with one attached hydrogen (secondary N) is 1. The largest absolute Gasteiger partial charge is 0.380 e. The van der Waals surface area contributed by atoms with Gasteiger partial charge in [-0.15, -0.1) is 0 Å². The van der Waals surface area contributed by atoms with Crippen LogP contribution in [0.2, 0.25) is 10.0 Å². The van der Waals surface area contributed by atoms with Crippen molar-refractivity contribution in [1.29, 1.82) is 0 Å². The van der Waals surface area contributed by atoms with E-state index in [1.165, 1.54) is 12.1 Å². The molecule has 0 saturated carbocycles. The van der Waals surface area contributed by atoms with Gasteiger partial charge in [0.15, 0.2) is 0 Å².